The zero-order valence-electron chi connectivity index (χ0n) is 19.2. The number of piperidine rings is 1. The van der Waals surface area contributed by atoms with Gasteiger partial charge in [-0.25, -0.2) is 9.50 Å². The summed E-state index contributed by atoms with van der Waals surface area (Å²) >= 11 is 0. The molecule has 172 valence electrons. The Kier molecular flexibility index (Phi) is 5.12. The van der Waals surface area contributed by atoms with E-state index in [-0.39, 0.29) is 11.5 Å². The van der Waals surface area contributed by atoms with E-state index in [4.69, 9.17) is 4.98 Å². The number of fused-ring (bicyclic) bond motifs is 2. The Morgan fingerprint density at radius 2 is 1.84 bits per heavy atom. The Morgan fingerprint density at radius 3 is 2.56 bits per heavy atom. The maximum atomic E-state index is 13.4. The molecule has 0 bridgehead atoms. The number of carbonyl (C=O) groups is 1. The Labute approximate surface area is 189 Å². The summed E-state index contributed by atoms with van der Waals surface area (Å²) in [7, 11) is 0. The molecule has 0 spiro atoms. The Hall–Kier alpha value is -2.15. The molecule has 1 N–H and O–H groups in total. The lowest BCUT2D eigenvalue weighted by molar-refractivity contribution is -0.133. The van der Waals surface area contributed by atoms with E-state index in [9.17, 15) is 9.59 Å². The lowest BCUT2D eigenvalue weighted by atomic mass is 9.92. The van der Waals surface area contributed by atoms with E-state index in [1.807, 2.05) is 0 Å². The van der Waals surface area contributed by atoms with Gasteiger partial charge in [-0.15, -0.1) is 0 Å². The largest absolute Gasteiger partial charge is 0.342 e. The van der Waals surface area contributed by atoms with Crippen LogP contribution in [0.25, 0.3) is 5.65 Å². The van der Waals surface area contributed by atoms with Crippen molar-refractivity contribution in [2.45, 2.75) is 83.2 Å². The molecule has 2 aromatic heterocycles. The monoisotopic (exact) mass is 437 g/mol. The number of hydrogen-bond donors (Lipinski definition) is 1. The van der Waals surface area contributed by atoms with Crippen LogP contribution in [0.15, 0.2) is 10.9 Å². The highest BCUT2D eigenvalue weighted by Crippen LogP contribution is 2.40. The molecule has 2 aliphatic carbocycles. The van der Waals surface area contributed by atoms with Gasteiger partial charge in [-0.1, -0.05) is 26.2 Å². The third-order valence-corrected chi connectivity index (χ3v) is 8.57. The molecule has 7 heteroatoms. The fourth-order valence-electron chi connectivity index (χ4n) is 6.30. The van der Waals surface area contributed by atoms with Crippen molar-refractivity contribution < 1.29 is 4.79 Å². The van der Waals surface area contributed by atoms with Gasteiger partial charge in [0.1, 0.15) is 0 Å². The standard InChI is InChI=1S/C25H35N5O2/c1-16-13-19(16)24(31)28-10-7-17(8-11-28)22-14-23-26-21-9-12-29(18-5-3-2-4-6-18)15-20(21)25(32)30(23)27-22/h14,16-19,27H,2-13,15H2,1H3/t16-,19-/m1/s1. The van der Waals surface area contributed by atoms with Crippen LogP contribution in [-0.4, -0.2) is 56.0 Å². The van der Waals surface area contributed by atoms with Crippen molar-refractivity contribution in [3.63, 3.8) is 0 Å². The number of hydrogen-bond acceptors (Lipinski definition) is 4. The summed E-state index contributed by atoms with van der Waals surface area (Å²) in [6, 6.07) is 2.70. The molecular weight excluding hydrogens is 402 g/mol. The van der Waals surface area contributed by atoms with Crippen LogP contribution >= 0.6 is 0 Å². The van der Waals surface area contributed by atoms with E-state index in [2.05, 4.69) is 27.9 Å². The van der Waals surface area contributed by atoms with Crippen LogP contribution in [0.4, 0.5) is 0 Å². The minimum Gasteiger partial charge on any atom is -0.342 e. The number of likely N-dealkylation sites (tertiary alicyclic amines) is 1. The van der Waals surface area contributed by atoms with E-state index < -0.39 is 0 Å². The molecular formula is C25H35N5O2. The second-order valence-electron chi connectivity index (χ2n) is 10.7. The molecule has 2 aromatic rings. The van der Waals surface area contributed by atoms with Crippen LogP contribution in [0.1, 0.15) is 81.2 Å². The average Bonchev–Trinajstić information content (AvgIpc) is 3.41. The number of H-pyrrole nitrogens is 1. The van der Waals surface area contributed by atoms with Gasteiger partial charge in [0, 0.05) is 62.2 Å². The predicted molar refractivity (Wildman–Crippen MR) is 123 cm³/mol. The van der Waals surface area contributed by atoms with E-state index in [0.717, 1.165) is 74.5 Å². The molecule has 0 aromatic carbocycles. The number of nitrogens with one attached hydrogen (secondary N) is 1. The summed E-state index contributed by atoms with van der Waals surface area (Å²) in [6.07, 6.45) is 10.3. The van der Waals surface area contributed by atoms with Gasteiger partial charge in [0.15, 0.2) is 5.65 Å². The average molecular weight is 438 g/mol. The highest BCUT2D eigenvalue weighted by molar-refractivity contribution is 5.81. The van der Waals surface area contributed by atoms with E-state index in [1.54, 1.807) is 4.52 Å². The number of aromatic amines is 1. The molecule has 0 radical (unpaired) electrons. The number of carbonyl (C=O) groups excluding carboxylic acids is 1. The van der Waals surface area contributed by atoms with Gasteiger partial charge in [-0.3, -0.25) is 19.6 Å². The van der Waals surface area contributed by atoms with Gasteiger partial charge in [-0.05, 0) is 38.0 Å². The van der Waals surface area contributed by atoms with Crippen molar-refractivity contribution in [1.82, 2.24) is 24.4 Å². The van der Waals surface area contributed by atoms with Crippen molar-refractivity contribution in [2.24, 2.45) is 11.8 Å². The van der Waals surface area contributed by atoms with Crippen molar-refractivity contribution >= 4 is 11.6 Å². The molecule has 2 aliphatic heterocycles. The van der Waals surface area contributed by atoms with Crippen LogP contribution in [0, 0.1) is 11.8 Å². The molecule has 6 rings (SSSR count). The smallest absolute Gasteiger partial charge is 0.277 e. The van der Waals surface area contributed by atoms with Crippen LogP contribution in [0.2, 0.25) is 0 Å². The molecule has 4 heterocycles. The predicted octanol–water partition coefficient (Wildman–Crippen LogP) is 3.08. The number of rotatable bonds is 3. The number of nitrogens with zero attached hydrogens (tertiary/aromatic N) is 4. The van der Waals surface area contributed by atoms with Crippen molar-refractivity contribution in [2.75, 3.05) is 19.6 Å². The van der Waals surface area contributed by atoms with Gasteiger partial charge in [0.25, 0.3) is 5.56 Å². The van der Waals surface area contributed by atoms with Gasteiger partial charge in [0.05, 0.1) is 11.3 Å². The molecule has 2 atom stereocenters. The molecule has 3 fully saturated rings. The first-order chi connectivity index (χ1) is 15.6. The molecule has 2 saturated carbocycles. The Morgan fingerprint density at radius 1 is 1.09 bits per heavy atom. The lowest BCUT2D eigenvalue weighted by Crippen LogP contribution is -2.43. The van der Waals surface area contributed by atoms with Gasteiger partial charge >= 0.3 is 0 Å². The van der Waals surface area contributed by atoms with Crippen molar-refractivity contribution in [3.05, 3.63) is 33.4 Å². The van der Waals surface area contributed by atoms with Gasteiger partial charge < -0.3 is 4.90 Å². The lowest BCUT2D eigenvalue weighted by Gasteiger charge is -2.36. The zero-order chi connectivity index (χ0) is 21.8. The van der Waals surface area contributed by atoms with E-state index in [0.29, 0.717) is 23.8 Å². The molecule has 32 heavy (non-hydrogen) atoms. The second kappa shape index (κ2) is 8.01. The molecule has 0 unspecified atom stereocenters. The fourth-order valence-corrected chi connectivity index (χ4v) is 6.30. The highest BCUT2D eigenvalue weighted by Gasteiger charge is 2.42. The first-order valence-corrected chi connectivity index (χ1v) is 12.7. The molecule has 1 saturated heterocycles. The first kappa shape index (κ1) is 20.5. The summed E-state index contributed by atoms with van der Waals surface area (Å²) in [5.74, 6) is 1.53. The third-order valence-electron chi connectivity index (χ3n) is 8.57. The summed E-state index contributed by atoms with van der Waals surface area (Å²) in [6.45, 7) is 5.56. The summed E-state index contributed by atoms with van der Waals surface area (Å²) < 4.78 is 1.67. The maximum Gasteiger partial charge on any atom is 0.277 e. The third kappa shape index (κ3) is 3.58. The van der Waals surface area contributed by atoms with Crippen LogP contribution < -0.4 is 5.56 Å². The highest BCUT2D eigenvalue weighted by atomic mass is 16.2. The minimum atomic E-state index is 0.0760. The van der Waals surface area contributed by atoms with Crippen LogP contribution in [0.3, 0.4) is 0 Å². The first-order valence-electron chi connectivity index (χ1n) is 12.7. The van der Waals surface area contributed by atoms with E-state index >= 15 is 0 Å². The molecule has 7 nitrogen and oxygen atoms in total. The van der Waals surface area contributed by atoms with Crippen LogP contribution in [-0.2, 0) is 17.8 Å². The Bertz CT molecular complexity index is 1070. The summed E-state index contributed by atoms with van der Waals surface area (Å²) in [5.41, 5.74) is 3.79. The fraction of sp³-hybridized carbons (Fsp3) is 0.720. The number of aromatic nitrogens is 3. The van der Waals surface area contributed by atoms with Gasteiger partial charge in [0.2, 0.25) is 5.91 Å². The SMILES string of the molecule is C[C@@H]1C[C@H]1C(=O)N1CCC(c2cc3nc4c(c(=O)n3[nH]2)CN(C2CCCCC2)CC4)CC1. The molecule has 1 amide bonds. The van der Waals surface area contributed by atoms with Crippen LogP contribution in [0.5, 0.6) is 0 Å². The molecule has 4 aliphatic rings. The summed E-state index contributed by atoms with van der Waals surface area (Å²) in [4.78, 5) is 35.4. The van der Waals surface area contributed by atoms with E-state index in [1.165, 1.54) is 32.1 Å². The minimum absolute atomic E-state index is 0.0760. The normalized spacial score (nSPS) is 27.6. The summed E-state index contributed by atoms with van der Waals surface area (Å²) in [5, 5.41) is 3.38. The van der Waals surface area contributed by atoms with Crippen molar-refractivity contribution in [3.8, 4) is 0 Å². The van der Waals surface area contributed by atoms with Gasteiger partial charge in [-0.2, -0.15) is 0 Å². The topological polar surface area (TPSA) is 73.7 Å². The maximum absolute atomic E-state index is 13.4. The quantitative estimate of drug-likeness (QED) is 0.801. The number of amides is 1. The Balaban J connectivity index is 1.19. The second-order valence-corrected chi connectivity index (χ2v) is 10.7. The van der Waals surface area contributed by atoms with Crippen molar-refractivity contribution in [1.29, 1.82) is 0 Å². The zero-order valence-corrected chi connectivity index (χ0v) is 19.2.